The van der Waals surface area contributed by atoms with Gasteiger partial charge in [-0.3, -0.25) is 25.0 Å². The maximum Gasteiger partial charge on any atom is 0.243 e. The first-order valence-electron chi connectivity index (χ1n) is 10.1. The molecule has 2 N–H and O–H groups in total. The lowest BCUT2D eigenvalue weighted by atomic mass is 9.95. The Labute approximate surface area is 201 Å². The lowest BCUT2D eigenvalue weighted by molar-refractivity contribution is -0.547. The van der Waals surface area contributed by atoms with E-state index in [0.717, 1.165) is 36.4 Å². The summed E-state index contributed by atoms with van der Waals surface area (Å²) in [5.41, 5.74) is -0.642. The number of aliphatic hydroxyl groups excluding tert-OH is 2. The molecule has 0 bridgehead atoms. The molecule has 10 nitrogen and oxygen atoms in total. The molecule has 0 aliphatic carbocycles. The van der Waals surface area contributed by atoms with Crippen molar-refractivity contribution in [2.45, 2.75) is 37.4 Å². The molecule has 1 saturated heterocycles. The van der Waals surface area contributed by atoms with Crippen molar-refractivity contribution in [2.75, 3.05) is 6.54 Å². The molecule has 0 aromatic heterocycles. The Hall–Kier alpha value is -3.75. The number of halogens is 4. The van der Waals surface area contributed by atoms with Crippen LogP contribution in [0.5, 0.6) is 0 Å². The van der Waals surface area contributed by atoms with Crippen molar-refractivity contribution in [1.29, 1.82) is 0 Å². The summed E-state index contributed by atoms with van der Waals surface area (Å²) in [5.74, 6) is -3.11. The van der Waals surface area contributed by atoms with Gasteiger partial charge in [0.05, 0.1) is 0 Å². The fourth-order valence-corrected chi connectivity index (χ4v) is 3.03. The number of benzene rings is 2. The highest BCUT2D eigenvalue weighted by Crippen LogP contribution is 2.34. The molecule has 2 aromatic carbocycles. The van der Waals surface area contributed by atoms with Crippen LogP contribution >= 0.6 is 0 Å². The Morgan fingerprint density at radius 2 is 1.61 bits per heavy atom. The van der Waals surface area contributed by atoms with Crippen LogP contribution in [-0.2, 0) is 9.53 Å². The van der Waals surface area contributed by atoms with Crippen molar-refractivity contribution in [3.63, 3.8) is 0 Å². The van der Waals surface area contributed by atoms with Gasteiger partial charge in [-0.2, -0.15) is 0 Å². The normalized spacial score (nSPS) is 19.4. The Kier molecular flexibility index (Phi) is 12.3. The summed E-state index contributed by atoms with van der Waals surface area (Å²) >= 11 is 0. The third-order valence-electron chi connectivity index (χ3n) is 4.63. The van der Waals surface area contributed by atoms with Gasteiger partial charge >= 0.3 is 0 Å². The van der Waals surface area contributed by atoms with Gasteiger partial charge in [-0.15, -0.1) is 0 Å². The number of nitrogens with zero attached hydrogens (tertiary/aromatic N) is 2. The van der Waals surface area contributed by atoms with E-state index in [0.29, 0.717) is 6.29 Å². The highest BCUT2D eigenvalue weighted by atomic mass is 19.1. The number of hydrogen-bond donors (Lipinski definition) is 2. The second-order valence-electron chi connectivity index (χ2n) is 7.18. The van der Waals surface area contributed by atoms with Crippen LogP contribution in [0.3, 0.4) is 0 Å². The number of carbonyl (C=O) groups excluding carboxylic acids is 1. The molecule has 4 atom stereocenters. The minimum absolute atomic E-state index is 0.0504. The lowest BCUT2D eigenvalue weighted by Crippen LogP contribution is -2.38. The van der Waals surface area contributed by atoms with Crippen LogP contribution in [0.4, 0.5) is 17.6 Å². The van der Waals surface area contributed by atoms with Crippen molar-refractivity contribution < 1.29 is 47.2 Å². The molecule has 1 aliphatic heterocycles. The molecule has 0 spiro atoms. The van der Waals surface area contributed by atoms with Crippen molar-refractivity contribution >= 4 is 6.29 Å². The maximum atomic E-state index is 13.6. The van der Waals surface area contributed by atoms with Crippen molar-refractivity contribution in [3.8, 4) is 0 Å². The molecule has 3 rings (SSSR count). The predicted molar refractivity (Wildman–Crippen MR) is 116 cm³/mol. The van der Waals surface area contributed by atoms with Gasteiger partial charge in [-0.1, -0.05) is 6.58 Å². The SMILES string of the molecule is C=CC=O.O=[N+]([O-])C1CCC(O)O[C@@H]1c1cc(F)ccc1F.O=[N+]([O-])C[C@H](O)c1cc(F)ccc1F. The molecule has 0 amide bonds. The van der Waals surface area contributed by atoms with E-state index >= 15 is 0 Å². The average molecular weight is 518 g/mol. The van der Waals surface area contributed by atoms with Crippen LogP contribution < -0.4 is 0 Å². The second-order valence-corrected chi connectivity index (χ2v) is 7.18. The summed E-state index contributed by atoms with van der Waals surface area (Å²) in [6.45, 7) is 2.26. The standard InChI is InChI=1S/C11H11F2NO4.C8H7F2NO3.C3H4O/c12-6-1-2-8(13)7(5-6)11-9(14(16)17)3-4-10(15)18-11;9-5-1-2-7(10)6(3-5)8(12)4-11(13)14;1-2-3-4/h1-2,5,9-11,15H,3-4H2;1-3,8,12H,4H2;2-3H,1H2/t9?,10?,11-;8-;/m10./s1. The smallest absolute Gasteiger partial charge is 0.243 e. The molecular weight excluding hydrogens is 496 g/mol. The minimum atomic E-state index is -1.62. The summed E-state index contributed by atoms with van der Waals surface area (Å²) in [7, 11) is 0. The van der Waals surface area contributed by atoms with Gasteiger partial charge in [0.25, 0.3) is 0 Å². The van der Waals surface area contributed by atoms with E-state index in [9.17, 15) is 42.9 Å². The number of nitro groups is 2. The van der Waals surface area contributed by atoms with Gasteiger partial charge in [-0.25, -0.2) is 17.6 Å². The number of carbonyl (C=O) groups is 1. The second kappa shape index (κ2) is 14.6. The van der Waals surface area contributed by atoms with E-state index < -0.39 is 69.8 Å². The number of aliphatic hydroxyl groups is 2. The highest BCUT2D eigenvalue weighted by Gasteiger charge is 2.41. The summed E-state index contributed by atoms with van der Waals surface area (Å²) in [6, 6.07) is 3.89. The molecule has 1 fully saturated rings. The average Bonchev–Trinajstić information content (AvgIpc) is 2.82. The molecule has 0 radical (unpaired) electrons. The fourth-order valence-electron chi connectivity index (χ4n) is 3.03. The first-order chi connectivity index (χ1) is 16.9. The van der Waals surface area contributed by atoms with Crippen LogP contribution in [0, 0.1) is 43.5 Å². The van der Waals surface area contributed by atoms with Crippen LogP contribution in [-0.4, -0.2) is 45.2 Å². The van der Waals surface area contributed by atoms with E-state index in [4.69, 9.17) is 14.6 Å². The molecule has 196 valence electrons. The number of ether oxygens (including phenoxy) is 1. The Morgan fingerprint density at radius 3 is 2.14 bits per heavy atom. The molecule has 14 heteroatoms. The van der Waals surface area contributed by atoms with Crippen molar-refractivity contribution in [1.82, 2.24) is 0 Å². The van der Waals surface area contributed by atoms with Crippen LogP contribution in [0.2, 0.25) is 0 Å². The number of allylic oxidation sites excluding steroid dienone is 1. The quantitative estimate of drug-likeness (QED) is 0.194. The summed E-state index contributed by atoms with van der Waals surface area (Å²) in [5, 5.41) is 39.4. The lowest BCUT2D eigenvalue weighted by Gasteiger charge is -2.29. The Morgan fingerprint density at radius 1 is 1.06 bits per heavy atom. The molecule has 1 aliphatic rings. The molecule has 2 aromatic rings. The zero-order valence-corrected chi connectivity index (χ0v) is 18.5. The van der Waals surface area contributed by atoms with Crippen molar-refractivity contribution in [3.05, 3.63) is 104 Å². The van der Waals surface area contributed by atoms with Crippen molar-refractivity contribution in [2.24, 2.45) is 0 Å². The monoisotopic (exact) mass is 518 g/mol. The third-order valence-corrected chi connectivity index (χ3v) is 4.63. The molecule has 0 saturated carbocycles. The van der Waals surface area contributed by atoms with Gasteiger partial charge in [0.1, 0.15) is 35.7 Å². The van der Waals surface area contributed by atoms with E-state index in [1.807, 2.05) is 0 Å². The van der Waals surface area contributed by atoms with E-state index in [1.165, 1.54) is 6.08 Å². The number of rotatable bonds is 6. The largest absolute Gasteiger partial charge is 0.381 e. The Bertz CT molecular complexity index is 1070. The van der Waals surface area contributed by atoms with Gasteiger partial charge in [0.2, 0.25) is 12.6 Å². The topological polar surface area (TPSA) is 153 Å². The van der Waals surface area contributed by atoms with Gasteiger partial charge < -0.3 is 14.9 Å². The van der Waals surface area contributed by atoms with E-state index in [2.05, 4.69) is 6.58 Å². The van der Waals surface area contributed by atoms with E-state index in [-0.39, 0.29) is 18.4 Å². The van der Waals surface area contributed by atoms with Gasteiger partial charge in [0, 0.05) is 33.8 Å². The maximum absolute atomic E-state index is 13.6. The van der Waals surface area contributed by atoms with Crippen LogP contribution in [0.15, 0.2) is 49.1 Å². The first-order valence-corrected chi connectivity index (χ1v) is 10.1. The van der Waals surface area contributed by atoms with E-state index in [1.54, 1.807) is 0 Å². The predicted octanol–water partition coefficient (Wildman–Crippen LogP) is 3.43. The summed E-state index contributed by atoms with van der Waals surface area (Å²) in [6.07, 6.45) is -2.12. The molecule has 36 heavy (non-hydrogen) atoms. The highest BCUT2D eigenvalue weighted by molar-refractivity contribution is 5.63. The zero-order chi connectivity index (χ0) is 27.4. The molecule has 2 unspecified atom stereocenters. The summed E-state index contributed by atoms with van der Waals surface area (Å²) < 4.78 is 57.1. The van der Waals surface area contributed by atoms with Gasteiger partial charge in [0.15, 0.2) is 12.4 Å². The Balaban J connectivity index is 0.000000321. The third kappa shape index (κ3) is 9.48. The van der Waals surface area contributed by atoms with Crippen LogP contribution in [0.1, 0.15) is 36.2 Å². The minimum Gasteiger partial charge on any atom is -0.381 e. The first kappa shape index (κ1) is 30.3. The molecular formula is C22H22F4N2O8. The van der Waals surface area contributed by atoms with Crippen LogP contribution in [0.25, 0.3) is 0 Å². The zero-order valence-electron chi connectivity index (χ0n) is 18.5. The van der Waals surface area contributed by atoms with Gasteiger partial charge in [-0.05, 0) is 42.5 Å². The fraction of sp³-hybridized carbons (Fsp3) is 0.318. The number of aldehydes is 1. The molecule has 1 heterocycles. The number of hydrogen-bond acceptors (Lipinski definition) is 8. The summed E-state index contributed by atoms with van der Waals surface area (Å²) in [4.78, 5) is 28.5.